The molecule has 1 aromatic carbocycles. The van der Waals surface area contributed by atoms with E-state index in [1.54, 1.807) is 7.11 Å². The first kappa shape index (κ1) is 12.7. The van der Waals surface area contributed by atoms with Crippen LogP contribution in [0.25, 0.3) is 0 Å². The highest BCUT2D eigenvalue weighted by molar-refractivity contribution is 5.90. The van der Waals surface area contributed by atoms with Crippen molar-refractivity contribution in [2.24, 2.45) is 17.0 Å². The van der Waals surface area contributed by atoms with Crippen molar-refractivity contribution in [2.45, 2.75) is 25.8 Å². The summed E-state index contributed by atoms with van der Waals surface area (Å²) < 4.78 is 0. The Kier molecular flexibility index (Phi) is 3.83. The zero-order valence-corrected chi connectivity index (χ0v) is 11.6. The second kappa shape index (κ2) is 5.74. The zero-order valence-electron chi connectivity index (χ0n) is 11.6. The molecule has 1 saturated carbocycles. The molecule has 1 heterocycles. The van der Waals surface area contributed by atoms with E-state index in [1.807, 2.05) is 0 Å². The molecular weight excluding hydrogens is 236 g/mol. The Hall–Kier alpha value is -1.35. The van der Waals surface area contributed by atoms with Gasteiger partial charge in [-0.1, -0.05) is 41.9 Å². The van der Waals surface area contributed by atoms with E-state index in [1.165, 1.54) is 30.5 Å². The Balaban J connectivity index is 1.70. The maximum Gasteiger partial charge on any atom is 0.106 e. The Bertz CT molecular complexity index is 427. The SMILES string of the molecule is CON=C1C2CCCC1CN(Cc1ccccc1)C2. The highest BCUT2D eigenvalue weighted by atomic mass is 16.6. The third-order valence-corrected chi connectivity index (χ3v) is 4.34. The molecule has 3 heteroatoms. The van der Waals surface area contributed by atoms with Crippen LogP contribution in [0, 0.1) is 11.8 Å². The molecular formula is C16H22N2O. The number of benzene rings is 1. The quantitative estimate of drug-likeness (QED) is 0.779. The summed E-state index contributed by atoms with van der Waals surface area (Å²) >= 11 is 0. The number of hydrogen-bond acceptors (Lipinski definition) is 3. The van der Waals surface area contributed by atoms with Crippen LogP contribution in [0.4, 0.5) is 0 Å². The molecule has 0 aromatic heterocycles. The summed E-state index contributed by atoms with van der Waals surface area (Å²) in [7, 11) is 1.67. The Morgan fingerprint density at radius 3 is 2.47 bits per heavy atom. The van der Waals surface area contributed by atoms with Gasteiger partial charge in [-0.25, -0.2) is 0 Å². The van der Waals surface area contributed by atoms with E-state index in [9.17, 15) is 0 Å². The molecule has 0 spiro atoms. The van der Waals surface area contributed by atoms with Crippen molar-refractivity contribution < 1.29 is 4.84 Å². The van der Waals surface area contributed by atoms with Gasteiger partial charge in [-0.15, -0.1) is 0 Å². The van der Waals surface area contributed by atoms with Gasteiger partial charge >= 0.3 is 0 Å². The van der Waals surface area contributed by atoms with Crippen molar-refractivity contribution in [3.05, 3.63) is 35.9 Å². The fraction of sp³-hybridized carbons (Fsp3) is 0.562. The molecule has 1 saturated heterocycles. The van der Waals surface area contributed by atoms with E-state index in [-0.39, 0.29) is 0 Å². The molecule has 2 aliphatic rings. The molecule has 2 bridgehead atoms. The summed E-state index contributed by atoms with van der Waals surface area (Å²) in [6, 6.07) is 10.8. The van der Waals surface area contributed by atoms with Crippen LogP contribution in [0.5, 0.6) is 0 Å². The third-order valence-electron chi connectivity index (χ3n) is 4.34. The number of likely N-dealkylation sites (tertiary alicyclic amines) is 1. The van der Waals surface area contributed by atoms with Crippen molar-refractivity contribution in [2.75, 3.05) is 20.2 Å². The first-order chi connectivity index (χ1) is 9.36. The molecule has 2 atom stereocenters. The lowest BCUT2D eigenvalue weighted by molar-refractivity contribution is 0.151. The lowest BCUT2D eigenvalue weighted by Crippen LogP contribution is -2.48. The second-order valence-electron chi connectivity index (χ2n) is 5.70. The fourth-order valence-electron chi connectivity index (χ4n) is 3.53. The number of fused-ring (bicyclic) bond motifs is 2. The minimum Gasteiger partial charge on any atom is -0.399 e. The van der Waals surface area contributed by atoms with Crippen molar-refractivity contribution in [3.63, 3.8) is 0 Å². The number of oxime groups is 1. The van der Waals surface area contributed by atoms with Crippen LogP contribution >= 0.6 is 0 Å². The van der Waals surface area contributed by atoms with E-state index in [4.69, 9.17) is 4.84 Å². The molecule has 3 rings (SSSR count). The molecule has 2 unspecified atom stereocenters. The van der Waals surface area contributed by atoms with E-state index in [2.05, 4.69) is 40.4 Å². The van der Waals surface area contributed by atoms with E-state index in [0.29, 0.717) is 11.8 Å². The normalized spacial score (nSPS) is 27.1. The zero-order chi connectivity index (χ0) is 13.1. The van der Waals surface area contributed by atoms with Gasteiger partial charge in [0, 0.05) is 31.5 Å². The first-order valence-corrected chi connectivity index (χ1v) is 7.24. The van der Waals surface area contributed by atoms with Gasteiger partial charge in [0.2, 0.25) is 0 Å². The third kappa shape index (κ3) is 2.81. The standard InChI is InChI=1S/C16H22N2O/c1-19-17-16-14-8-5-9-15(16)12-18(11-14)10-13-6-3-2-4-7-13/h2-4,6-7,14-15H,5,8-12H2,1H3. The average Bonchev–Trinajstić information content (AvgIpc) is 2.41. The first-order valence-electron chi connectivity index (χ1n) is 7.24. The van der Waals surface area contributed by atoms with Crippen molar-refractivity contribution in [1.29, 1.82) is 0 Å². The number of nitrogens with zero attached hydrogens (tertiary/aromatic N) is 2. The van der Waals surface area contributed by atoms with Crippen LogP contribution < -0.4 is 0 Å². The van der Waals surface area contributed by atoms with Gasteiger partial charge in [0.25, 0.3) is 0 Å². The van der Waals surface area contributed by atoms with Gasteiger partial charge in [-0.2, -0.15) is 0 Å². The minimum atomic E-state index is 0.608. The molecule has 0 radical (unpaired) electrons. The maximum atomic E-state index is 5.04. The summed E-state index contributed by atoms with van der Waals surface area (Å²) in [4.78, 5) is 7.62. The van der Waals surface area contributed by atoms with Crippen LogP contribution in [-0.4, -0.2) is 30.8 Å². The Morgan fingerprint density at radius 2 is 1.84 bits per heavy atom. The molecule has 19 heavy (non-hydrogen) atoms. The van der Waals surface area contributed by atoms with E-state index < -0.39 is 0 Å². The highest BCUT2D eigenvalue weighted by Gasteiger charge is 2.36. The van der Waals surface area contributed by atoms with Crippen LogP contribution in [0.2, 0.25) is 0 Å². The monoisotopic (exact) mass is 258 g/mol. The van der Waals surface area contributed by atoms with E-state index in [0.717, 1.165) is 19.6 Å². The van der Waals surface area contributed by atoms with Gasteiger partial charge < -0.3 is 4.84 Å². The fourth-order valence-corrected chi connectivity index (χ4v) is 3.53. The highest BCUT2D eigenvalue weighted by Crippen LogP contribution is 2.33. The lowest BCUT2D eigenvalue weighted by atomic mass is 9.76. The molecule has 3 nitrogen and oxygen atoms in total. The van der Waals surface area contributed by atoms with Gasteiger partial charge in [0.1, 0.15) is 7.11 Å². The van der Waals surface area contributed by atoms with Crippen molar-refractivity contribution in [3.8, 4) is 0 Å². The smallest absolute Gasteiger partial charge is 0.106 e. The molecule has 1 aliphatic carbocycles. The predicted molar refractivity (Wildman–Crippen MR) is 77.0 cm³/mol. The van der Waals surface area contributed by atoms with Gasteiger partial charge in [0.15, 0.2) is 0 Å². The summed E-state index contributed by atoms with van der Waals surface area (Å²) in [5.74, 6) is 1.22. The predicted octanol–water partition coefficient (Wildman–Crippen LogP) is 2.92. The lowest BCUT2D eigenvalue weighted by Gasteiger charge is -2.42. The molecule has 1 aromatic rings. The second-order valence-corrected chi connectivity index (χ2v) is 5.70. The molecule has 0 amide bonds. The van der Waals surface area contributed by atoms with Gasteiger partial charge in [0.05, 0.1) is 5.71 Å². The van der Waals surface area contributed by atoms with Gasteiger partial charge in [-0.05, 0) is 18.4 Å². The average molecular weight is 258 g/mol. The topological polar surface area (TPSA) is 24.8 Å². The molecule has 1 aliphatic heterocycles. The molecule has 102 valence electrons. The Morgan fingerprint density at radius 1 is 1.16 bits per heavy atom. The largest absolute Gasteiger partial charge is 0.399 e. The van der Waals surface area contributed by atoms with Crippen LogP contribution in [0.1, 0.15) is 24.8 Å². The molecule has 2 fully saturated rings. The van der Waals surface area contributed by atoms with E-state index >= 15 is 0 Å². The van der Waals surface area contributed by atoms with Crippen molar-refractivity contribution in [1.82, 2.24) is 4.90 Å². The number of piperidine rings is 1. The van der Waals surface area contributed by atoms with Crippen molar-refractivity contribution >= 4 is 5.71 Å². The van der Waals surface area contributed by atoms with Crippen LogP contribution in [-0.2, 0) is 11.4 Å². The van der Waals surface area contributed by atoms with Gasteiger partial charge in [-0.3, -0.25) is 4.90 Å². The minimum absolute atomic E-state index is 0.608. The Labute approximate surface area is 115 Å². The van der Waals surface area contributed by atoms with Crippen LogP contribution in [0.3, 0.4) is 0 Å². The summed E-state index contributed by atoms with van der Waals surface area (Å²) in [6.45, 7) is 3.33. The number of hydrogen-bond donors (Lipinski definition) is 0. The summed E-state index contributed by atoms with van der Waals surface area (Å²) in [6.07, 6.45) is 3.88. The molecule has 0 N–H and O–H groups in total. The number of rotatable bonds is 3. The summed E-state index contributed by atoms with van der Waals surface area (Å²) in [5, 5.41) is 4.30. The maximum absolute atomic E-state index is 5.04. The van der Waals surface area contributed by atoms with Crippen LogP contribution in [0.15, 0.2) is 35.5 Å². The summed E-state index contributed by atoms with van der Waals surface area (Å²) in [5.41, 5.74) is 2.73.